The van der Waals surface area contributed by atoms with Crippen molar-refractivity contribution in [2.45, 2.75) is 105 Å². The molecular formula is C30H52O4. The number of carbonyl (C=O) groups is 1. The molecule has 1 N–H and O–H groups in total. The Bertz CT molecular complexity index is 704. The van der Waals surface area contributed by atoms with Crippen molar-refractivity contribution in [2.75, 3.05) is 20.8 Å². The highest BCUT2D eigenvalue weighted by atomic mass is 16.7. The highest BCUT2D eigenvalue weighted by Crippen LogP contribution is 2.69. The highest BCUT2D eigenvalue weighted by molar-refractivity contribution is 5.80. The van der Waals surface area contributed by atoms with E-state index in [4.69, 9.17) is 9.47 Å². The second-order valence-electron chi connectivity index (χ2n) is 13.3. The predicted molar refractivity (Wildman–Crippen MR) is 136 cm³/mol. The van der Waals surface area contributed by atoms with Gasteiger partial charge >= 0.3 is 0 Å². The van der Waals surface area contributed by atoms with Gasteiger partial charge < -0.3 is 14.6 Å². The zero-order valence-corrected chi connectivity index (χ0v) is 22.9. The standard InChI is InChI=1S/C30H52O4/c1-19(10-13-27(32)20(2)18-31)23-11-12-25-21-17-22(28(33-5)34-6)24-9-7-8-15-29(24,3)26(21)14-16-30(23,25)4/h19-26,28,31H,7-18H2,1-6H3/t19-,20?,21+,22-,23-,24?,25+,26+,29+,30-/m1/s1. The van der Waals surface area contributed by atoms with E-state index in [1.165, 1.54) is 57.8 Å². The summed E-state index contributed by atoms with van der Waals surface area (Å²) in [5.74, 6) is 4.97. The summed E-state index contributed by atoms with van der Waals surface area (Å²) in [6, 6.07) is 0. The molecule has 0 saturated heterocycles. The minimum Gasteiger partial charge on any atom is -0.396 e. The van der Waals surface area contributed by atoms with E-state index < -0.39 is 0 Å². The summed E-state index contributed by atoms with van der Waals surface area (Å²) in [5, 5.41) is 9.35. The molecule has 4 saturated carbocycles. The summed E-state index contributed by atoms with van der Waals surface area (Å²) in [7, 11) is 3.66. The number of carbonyl (C=O) groups excluding carboxylic acids is 1. The Morgan fingerprint density at radius 2 is 1.65 bits per heavy atom. The van der Waals surface area contributed by atoms with Crippen LogP contribution in [0, 0.1) is 58.2 Å². The maximum atomic E-state index is 12.4. The van der Waals surface area contributed by atoms with Gasteiger partial charge in [0.1, 0.15) is 5.78 Å². The van der Waals surface area contributed by atoms with Gasteiger partial charge in [-0.15, -0.1) is 0 Å². The van der Waals surface area contributed by atoms with Crippen molar-refractivity contribution in [3.8, 4) is 0 Å². The number of hydrogen-bond donors (Lipinski definition) is 1. The third-order valence-electron chi connectivity index (χ3n) is 11.9. The number of Topliss-reactive ketones (excluding diaryl/α,β-unsaturated/α-hetero) is 1. The molecular weight excluding hydrogens is 424 g/mol. The van der Waals surface area contributed by atoms with Gasteiger partial charge in [0.05, 0.1) is 6.61 Å². The van der Waals surface area contributed by atoms with Gasteiger partial charge in [0.2, 0.25) is 0 Å². The summed E-state index contributed by atoms with van der Waals surface area (Å²) in [4.78, 5) is 12.4. The van der Waals surface area contributed by atoms with Crippen molar-refractivity contribution >= 4 is 5.78 Å². The van der Waals surface area contributed by atoms with E-state index in [1.807, 2.05) is 21.1 Å². The first-order valence-corrected chi connectivity index (χ1v) is 14.4. The summed E-state index contributed by atoms with van der Waals surface area (Å²) < 4.78 is 11.8. The van der Waals surface area contributed by atoms with Gasteiger partial charge in [-0.25, -0.2) is 0 Å². The smallest absolute Gasteiger partial charge is 0.159 e. The first-order valence-electron chi connectivity index (χ1n) is 14.4. The van der Waals surface area contributed by atoms with Crippen LogP contribution in [0.4, 0.5) is 0 Å². The second kappa shape index (κ2) is 10.5. The van der Waals surface area contributed by atoms with Gasteiger partial charge in [-0.3, -0.25) is 4.79 Å². The molecule has 0 amide bonds. The normalized spacial score (nSPS) is 43.6. The van der Waals surface area contributed by atoms with Gasteiger partial charge in [-0.2, -0.15) is 0 Å². The first-order chi connectivity index (χ1) is 16.2. The monoisotopic (exact) mass is 476 g/mol. The van der Waals surface area contributed by atoms with Crippen LogP contribution in [-0.2, 0) is 14.3 Å². The number of aliphatic hydroxyl groups excluding tert-OH is 1. The molecule has 0 bridgehead atoms. The topological polar surface area (TPSA) is 55.8 Å². The number of ether oxygens (including phenoxy) is 2. The Morgan fingerprint density at radius 3 is 2.32 bits per heavy atom. The lowest BCUT2D eigenvalue weighted by Gasteiger charge is -2.63. The molecule has 4 nitrogen and oxygen atoms in total. The number of ketones is 1. The van der Waals surface area contributed by atoms with Crippen molar-refractivity contribution in [1.82, 2.24) is 0 Å². The molecule has 196 valence electrons. The lowest BCUT2D eigenvalue weighted by molar-refractivity contribution is -0.215. The Kier molecular flexibility index (Phi) is 8.22. The maximum absolute atomic E-state index is 12.4. The summed E-state index contributed by atoms with van der Waals surface area (Å²) in [6.45, 7) is 9.47. The number of aliphatic hydroxyl groups is 1. The number of fused-ring (bicyclic) bond motifs is 5. The number of rotatable bonds is 9. The van der Waals surface area contributed by atoms with Crippen LogP contribution in [0.15, 0.2) is 0 Å². The van der Waals surface area contributed by atoms with Crippen molar-refractivity contribution in [3.63, 3.8) is 0 Å². The fourth-order valence-electron chi connectivity index (χ4n) is 10.1. The van der Waals surface area contributed by atoms with E-state index in [2.05, 4.69) is 20.8 Å². The molecule has 0 aliphatic heterocycles. The van der Waals surface area contributed by atoms with Crippen molar-refractivity contribution in [2.24, 2.45) is 58.2 Å². The van der Waals surface area contributed by atoms with Crippen LogP contribution >= 0.6 is 0 Å². The second-order valence-corrected chi connectivity index (χ2v) is 13.3. The minimum atomic E-state index is -0.215. The molecule has 2 unspecified atom stereocenters. The van der Waals surface area contributed by atoms with Crippen molar-refractivity contribution < 1.29 is 19.4 Å². The van der Waals surface area contributed by atoms with E-state index in [1.54, 1.807) is 0 Å². The zero-order chi connectivity index (χ0) is 24.7. The number of hydrogen-bond acceptors (Lipinski definition) is 4. The molecule has 0 spiro atoms. The average molecular weight is 477 g/mol. The Morgan fingerprint density at radius 1 is 0.941 bits per heavy atom. The van der Waals surface area contributed by atoms with Gasteiger partial charge in [-0.05, 0) is 97.7 Å². The largest absolute Gasteiger partial charge is 0.396 e. The Balaban J connectivity index is 1.54. The molecule has 4 rings (SSSR count). The average Bonchev–Trinajstić information content (AvgIpc) is 3.19. The molecule has 34 heavy (non-hydrogen) atoms. The molecule has 4 heteroatoms. The van der Waals surface area contributed by atoms with Crippen LogP contribution in [0.1, 0.15) is 98.3 Å². The van der Waals surface area contributed by atoms with E-state index in [-0.39, 0.29) is 24.6 Å². The lowest BCUT2D eigenvalue weighted by atomic mass is 9.42. The molecule has 4 fully saturated rings. The van der Waals surface area contributed by atoms with E-state index in [0.29, 0.717) is 35.0 Å². The highest BCUT2D eigenvalue weighted by Gasteiger charge is 2.62. The summed E-state index contributed by atoms with van der Waals surface area (Å²) >= 11 is 0. The van der Waals surface area contributed by atoms with Crippen LogP contribution < -0.4 is 0 Å². The molecule has 0 radical (unpaired) electrons. The zero-order valence-electron chi connectivity index (χ0n) is 22.9. The first kappa shape index (κ1) is 26.6. The lowest BCUT2D eigenvalue weighted by Crippen LogP contribution is -2.57. The van der Waals surface area contributed by atoms with Crippen LogP contribution in [0.5, 0.6) is 0 Å². The van der Waals surface area contributed by atoms with Gasteiger partial charge in [0.25, 0.3) is 0 Å². The molecule has 0 aromatic heterocycles. The Hall–Kier alpha value is -0.450. The molecule has 4 aliphatic rings. The SMILES string of the molecule is COC(OC)[C@@H]1C[C@H]2[C@@H]3CC[C@H]([C@H](C)CCC(=O)C(C)CO)[C@@]3(C)CC[C@@H]2[C@@]2(C)CCCCC12. The van der Waals surface area contributed by atoms with Crippen LogP contribution in [-0.4, -0.2) is 38.0 Å². The predicted octanol–water partition coefficient (Wildman–Crippen LogP) is 6.49. The van der Waals surface area contributed by atoms with Crippen molar-refractivity contribution in [3.05, 3.63) is 0 Å². The molecule has 4 aliphatic carbocycles. The van der Waals surface area contributed by atoms with Gasteiger partial charge in [0, 0.05) is 32.5 Å². The van der Waals surface area contributed by atoms with E-state index in [9.17, 15) is 9.90 Å². The van der Waals surface area contributed by atoms with E-state index in [0.717, 1.165) is 30.1 Å². The molecule has 10 atom stereocenters. The van der Waals surface area contributed by atoms with Gasteiger partial charge in [-0.1, -0.05) is 40.5 Å². The summed E-state index contributed by atoms with van der Waals surface area (Å²) in [6.07, 6.45) is 13.7. The van der Waals surface area contributed by atoms with Crippen LogP contribution in [0.3, 0.4) is 0 Å². The molecule has 0 aromatic rings. The maximum Gasteiger partial charge on any atom is 0.159 e. The quantitative estimate of drug-likeness (QED) is 0.386. The molecule has 0 aromatic carbocycles. The van der Waals surface area contributed by atoms with Crippen LogP contribution in [0.2, 0.25) is 0 Å². The van der Waals surface area contributed by atoms with Gasteiger partial charge in [0.15, 0.2) is 6.29 Å². The van der Waals surface area contributed by atoms with E-state index >= 15 is 0 Å². The van der Waals surface area contributed by atoms with Crippen LogP contribution in [0.25, 0.3) is 0 Å². The third-order valence-corrected chi connectivity index (χ3v) is 11.9. The number of methoxy groups -OCH3 is 2. The molecule has 0 heterocycles. The summed E-state index contributed by atoms with van der Waals surface area (Å²) in [5.41, 5.74) is 0.823. The Labute approximate surface area is 208 Å². The minimum absolute atomic E-state index is 0.0234. The fourth-order valence-corrected chi connectivity index (χ4v) is 10.1. The van der Waals surface area contributed by atoms with Crippen molar-refractivity contribution in [1.29, 1.82) is 0 Å². The third kappa shape index (κ3) is 4.43. The fraction of sp³-hybridized carbons (Fsp3) is 0.967.